The molecule has 0 radical (unpaired) electrons. The molecular formula is C18H29NO2. The van der Waals surface area contributed by atoms with Crippen molar-refractivity contribution in [1.82, 2.24) is 5.32 Å². The van der Waals surface area contributed by atoms with Crippen LogP contribution >= 0.6 is 0 Å². The van der Waals surface area contributed by atoms with Gasteiger partial charge in [0, 0.05) is 25.1 Å². The van der Waals surface area contributed by atoms with Crippen molar-refractivity contribution in [1.29, 1.82) is 0 Å². The molecule has 1 heterocycles. The Morgan fingerprint density at radius 2 is 1.90 bits per heavy atom. The van der Waals surface area contributed by atoms with Crippen LogP contribution in [0.1, 0.15) is 52.2 Å². The van der Waals surface area contributed by atoms with Crippen molar-refractivity contribution in [3.05, 3.63) is 29.8 Å². The number of rotatable bonds is 6. The van der Waals surface area contributed by atoms with Crippen molar-refractivity contribution in [2.45, 2.75) is 58.8 Å². The summed E-state index contributed by atoms with van der Waals surface area (Å²) in [7, 11) is 0. The van der Waals surface area contributed by atoms with E-state index >= 15 is 0 Å². The van der Waals surface area contributed by atoms with Gasteiger partial charge in [-0.25, -0.2) is 0 Å². The minimum absolute atomic E-state index is 0.207. The van der Waals surface area contributed by atoms with Gasteiger partial charge in [-0.3, -0.25) is 0 Å². The van der Waals surface area contributed by atoms with Gasteiger partial charge < -0.3 is 14.8 Å². The summed E-state index contributed by atoms with van der Waals surface area (Å²) in [6, 6.07) is 8.93. The zero-order valence-corrected chi connectivity index (χ0v) is 13.8. The van der Waals surface area contributed by atoms with Crippen molar-refractivity contribution < 1.29 is 9.47 Å². The molecule has 0 aromatic heterocycles. The highest BCUT2D eigenvalue weighted by Gasteiger charge is 2.27. The molecule has 2 unspecified atom stereocenters. The first kappa shape index (κ1) is 16.3. The lowest BCUT2D eigenvalue weighted by Crippen LogP contribution is -2.35. The summed E-state index contributed by atoms with van der Waals surface area (Å²) < 4.78 is 11.8. The molecule has 1 fully saturated rings. The summed E-state index contributed by atoms with van der Waals surface area (Å²) in [5.41, 5.74) is 1.27. The Labute approximate surface area is 129 Å². The van der Waals surface area contributed by atoms with Crippen LogP contribution in [0.5, 0.6) is 5.75 Å². The van der Waals surface area contributed by atoms with Gasteiger partial charge in [0.05, 0.1) is 12.2 Å². The van der Waals surface area contributed by atoms with E-state index in [1.807, 2.05) is 13.8 Å². The summed E-state index contributed by atoms with van der Waals surface area (Å²) in [5, 5.41) is 3.55. The van der Waals surface area contributed by atoms with Crippen LogP contribution in [0.25, 0.3) is 0 Å². The van der Waals surface area contributed by atoms with Gasteiger partial charge in [-0.1, -0.05) is 26.0 Å². The van der Waals surface area contributed by atoms with Crippen molar-refractivity contribution in [2.75, 3.05) is 13.2 Å². The monoisotopic (exact) mass is 291 g/mol. The third-order valence-corrected chi connectivity index (χ3v) is 3.81. The summed E-state index contributed by atoms with van der Waals surface area (Å²) in [6.45, 7) is 10.4. The second kappa shape index (κ2) is 7.81. The normalized spacial score (nSPS) is 22.8. The van der Waals surface area contributed by atoms with E-state index in [1.54, 1.807) is 0 Å². The van der Waals surface area contributed by atoms with Crippen molar-refractivity contribution in [3.63, 3.8) is 0 Å². The number of benzene rings is 1. The topological polar surface area (TPSA) is 30.5 Å². The maximum atomic E-state index is 6.05. The van der Waals surface area contributed by atoms with E-state index in [9.17, 15) is 0 Å². The highest BCUT2D eigenvalue weighted by atomic mass is 16.5. The van der Waals surface area contributed by atoms with Crippen LogP contribution in [0.2, 0.25) is 0 Å². The number of hydrogen-bond donors (Lipinski definition) is 1. The Hall–Kier alpha value is -1.06. The fourth-order valence-electron chi connectivity index (χ4n) is 2.82. The molecule has 1 aliphatic heterocycles. The lowest BCUT2D eigenvalue weighted by molar-refractivity contribution is -0.0282. The summed E-state index contributed by atoms with van der Waals surface area (Å²) in [6.07, 6.45) is 2.81. The molecule has 21 heavy (non-hydrogen) atoms. The van der Waals surface area contributed by atoms with E-state index in [2.05, 4.69) is 43.4 Å². The summed E-state index contributed by atoms with van der Waals surface area (Å²) in [4.78, 5) is 0. The number of hydrogen-bond acceptors (Lipinski definition) is 3. The van der Waals surface area contributed by atoms with Crippen LogP contribution in [0.15, 0.2) is 24.3 Å². The second-order valence-electron chi connectivity index (χ2n) is 6.49. The smallest absolute Gasteiger partial charge is 0.119 e. The average molecular weight is 291 g/mol. The molecule has 0 saturated carbocycles. The Balaban J connectivity index is 2.02. The quantitative estimate of drug-likeness (QED) is 0.861. The van der Waals surface area contributed by atoms with Gasteiger partial charge in [-0.05, 0) is 44.4 Å². The first-order valence-corrected chi connectivity index (χ1v) is 8.18. The van der Waals surface area contributed by atoms with Gasteiger partial charge in [0.25, 0.3) is 0 Å². The first-order valence-electron chi connectivity index (χ1n) is 8.18. The molecule has 3 nitrogen and oxygen atoms in total. The molecule has 0 aliphatic carbocycles. The van der Waals surface area contributed by atoms with E-state index in [1.165, 1.54) is 12.0 Å². The van der Waals surface area contributed by atoms with Gasteiger partial charge >= 0.3 is 0 Å². The fourth-order valence-corrected chi connectivity index (χ4v) is 2.82. The molecule has 0 amide bonds. The molecule has 2 atom stereocenters. The molecule has 0 bridgehead atoms. The lowest BCUT2D eigenvalue weighted by Gasteiger charge is -2.33. The van der Waals surface area contributed by atoms with Crippen molar-refractivity contribution in [2.24, 2.45) is 5.92 Å². The van der Waals surface area contributed by atoms with Crippen molar-refractivity contribution in [3.8, 4) is 5.75 Å². The predicted octanol–water partition coefficient (Wildman–Crippen LogP) is 3.94. The van der Waals surface area contributed by atoms with E-state index in [4.69, 9.17) is 9.47 Å². The number of ether oxygens (including phenoxy) is 2. The lowest BCUT2D eigenvalue weighted by atomic mass is 9.89. The zero-order chi connectivity index (χ0) is 15.2. The molecule has 3 heteroatoms. The Morgan fingerprint density at radius 3 is 2.52 bits per heavy atom. The Bertz CT molecular complexity index is 414. The average Bonchev–Trinajstić information content (AvgIpc) is 2.46. The van der Waals surface area contributed by atoms with Gasteiger partial charge in [-0.15, -0.1) is 0 Å². The highest BCUT2D eigenvalue weighted by Crippen LogP contribution is 2.34. The summed E-state index contributed by atoms with van der Waals surface area (Å²) in [5.74, 6) is 1.49. The molecule has 118 valence electrons. The molecule has 2 rings (SSSR count). The van der Waals surface area contributed by atoms with Crippen LogP contribution in [0.3, 0.4) is 0 Å². The van der Waals surface area contributed by atoms with Gasteiger partial charge in [0.15, 0.2) is 0 Å². The molecule has 1 aromatic rings. The van der Waals surface area contributed by atoms with Gasteiger partial charge in [0.2, 0.25) is 0 Å². The third kappa shape index (κ3) is 5.01. The predicted molar refractivity (Wildman–Crippen MR) is 86.8 cm³/mol. The van der Waals surface area contributed by atoms with E-state index < -0.39 is 0 Å². The standard InChI is InChI=1S/C18H29NO2/c1-13(2)19-12-16-6-5-11-20-18(16)15-7-9-17(10-8-15)21-14(3)4/h7-10,13-14,16,18-19H,5-6,11-12H2,1-4H3. The SMILES string of the molecule is CC(C)NCC1CCCOC1c1ccc(OC(C)C)cc1. The molecule has 1 N–H and O–H groups in total. The summed E-state index contributed by atoms with van der Waals surface area (Å²) >= 11 is 0. The van der Waals surface area contributed by atoms with Gasteiger partial charge in [0.1, 0.15) is 5.75 Å². The number of nitrogens with one attached hydrogen (secondary N) is 1. The van der Waals surface area contributed by atoms with E-state index in [-0.39, 0.29) is 12.2 Å². The van der Waals surface area contributed by atoms with E-state index in [0.717, 1.165) is 25.3 Å². The van der Waals surface area contributed by atoms with E-state index in [0.29, 0.717) is 12.0 Å². The fraction of sp³-hybridized carbons (Fsp3) is 0.667. The Kier molecular flexibility index (Phi) is 6.07. The minimum Gasteiger partial charge on any atom is -0.491 e. The molecule has 1 aromatic carbocycles. The molecule has 1 aliphatic rings. The minimum atomic E-state index is 0.207. The van der Waals surface area contributed by atoms with Crippen LogP contribution in [-0.4, -0.2) is 25.3 Å². The van der Waals surface area contributed by atoms with Crippen molar-refractivity contribution >= 4 is 0 Å². The van der Waals surface area contributed by atoms with Crippen LogP contribution < -0.4 is 10.1 Å². The molecular weight excluding hydrogens is 262 g/mol. The van der Waals surface area contributed by atoms with Crippen LogP contribution in [-0.2, 0) is 4.74 Å². The maximum absolute atomic E-state index is 6.05. The van der Waals surface area contributed by atoms with Crippen LogP contribution in [0, 0.1) is 5.92 Å². The zero-order valence-electron chi connectivity index (χ0n) is 13.8. The second-order valence-corrected chi connectivity index (χ2v) is 6.49. The highest BCUT2D eigenvalue weighted by molar-refractivity contribution is 5.29. The van der Waals surface area contributed by atoms with Crippen LogP contribution in [0.4, 0.5) is 0 Å². The Morgan fingerprint density at radius 1 is 1.19 bits per heavy atom. The van der Waals surface area contributed by atoms with Gasteiger partial charge in [-0.2, -0.15) is 0 Å². The molecule has 1 saturated heterocycles. The third-order valence-electron chi connectivity index (χ3n) is 3.81. The largest absolute Gasteiger partial charge is 0.491 e. The maximum Gasteiger partial charge on any atom is 0.119 e. The molecule has 0 spiro atoms. The first-order chi connectivity index (χ1) is 10.1.